The summed E-state index contributed by atoms with van der Waals surface area (Å²) in [5.74, 6) is -0.190. The summed E-state index contributed by atoms with van der Waals surface area (Å²) < 4.78 is 26.2. The lowest BCUT2D eigenvalue weighted by molar-refractivity contribution is -0.128. The molecule has 0 N–H and O–H groups in total. The van der Waals surface area contributed by atoms with Crippen LogP contribution in [-0.2, 0) is 14.8 Å². The van der Waals surface area contributed by atoms with E-state index in [0.717, 1.165) is 5.57 Å². The Morgan fingerprint density at radius 2 is 2.06 bits per heavy atom. The number of rotatable bonds is 3. The van der Waals surface area contributed by atoms with Gasteiger partial charge in [-0.3, -0.25) is 4.79 Å². The van der Waals surface area contributed by atoms with Crippen LogP contribution in [0.2, 0.25) is 0 Å². The normalized spacial score (nSPS) is 23.4. The van der Waals surface area contributed by atoms with E-state index in [-0.39, 0.29) is 11.8 Å². The van der Waals surface area contributed by atoms with E-state index in [4.69, 9.17) is 0 Å². The van der Waals surface area contributed by atoms with Crippen molar-refractivity contribution >= 4 is 15.9 Å². The first-order valence-electron chi connectivity index (χ1n) is 6.03. The quantitative estimate of drug-likeness (QED) is 0.712. The largest absolute Gasteiger partial charge is 0.348 e. The van der Waals surface area contributed by atoms with Crippen LogP contribution in [0.1, 0.15) is 20.8 Å². The lowest BCUT2D eigenvalue weighted by Gasteiger charge is -2.31. The summed E-state index contributed by atoms with van der Waals surface area (Å²) in [7, 11) is -0.435. The van der Waals surface area contributed by atoms with Crippen molar-refractivity contribution in [1.82, 2.24) is 9.21 Å². The summed E-state index contributed by atoms with van der Waals surface area (Å²) in [4.78, 5) is 13.1. The number of hydrogen-bond acceptors (Lipinski definition) is 3. The lowest BCUT2D eigenvalue weighted by atomic mass is 10.1. The van der Waals surface area contributed by atoms with Gasteiger partial charge in [-0.15, -0.1) is 0 Å². The maximum atomic E-state index is 12.4. The molecule has 18 heavy (non-hydrogen) atoms. The Kier molecular flexibility index (Phi) is 4.55. The SMILES string of the molecule is CC1=CC(C)CN(S(=O)(=O)C(C)C(=O)N(C)C)C1. The molecule has 0 aliphatic carbocycles. The van der Waals surface area contributed by atoms with Crippen LogP contribution < -0.4 is 0 Å². The predicted octanol–water partition coefficient (Wildman–Crippen LogP) is 0.691. The van der Waals surface area contributed by atoms with Crippen LogP contribution in [0.5, 0.6) is 0 Å². The van der Waals surface area contributed by atoms with E-state index in [1.807, 2.05) is 13.8 Å². The predicted molar refractivity (Wildman–Crippen MR) is 71.6 cm³/mol. The van der Waals surface area contributed by atoms with Crippen LogP contribution >= 0.6 is 0 Å². The van der Waals surface area contributed by atoms with Gasteiger partial charge in [0, 0.05) is 27.2 Å². The Balaban J connectivity index is 2.94. The van der Waals surface area contributed by atoms with Crippen molar-refractivity contribution in [2.24, 2.45) is 5.92 Å². The number of hydrogen-bond donors (Lipinski definition) is 0. The van der Waals surface area contributed by atoms with E-state index < -0.39 is 15.3 Å². The van der Waals surface area contributed by atoms with Gasteiger partial charge in [-0.1, -0.05) is 18.6 Å². The summed E-state index contributed by atoms with van der Waals surface area (Å²) >= 11 is 0. The molecule has 1 aliphatic rings. The second kappa shape index (κ2) is 5.40. The van der Waals surface area contributed by atoms with Crippen molar-refractivity contribution in [3.63, 3.8) is 0 Å². The lowest BCUT2D eigenvalue weighted by Crippen LogP contribution is -2.47. The highest BCUT2D eigenvalue weighted by molar-refractivity contribution is 7.90. The van der Waals surface area contributed by atoms with Crippen LogP contribution in [0.25, 0.3) is 0 Å². The van der Waals surface area contributed by atoms with E-state index in [9.17, 15) is 13.2 Å². The monoisotopic (exact) mass is 274 g/mol. The smallest absolute Gasteiger partial charge is 0.241 e. The van der Waals surface area contributed by atoms with E-state index in [0.29, 0.717) is 13.1 Å². The zero-order valence-corrected chi connectivity index (χ0v) is 12.5. The van der Waals surface area contributed by atoms with Gasteiger partial charge in [0.05, 0.1) is 0 Å². The molecule has 1 aliphatic heterocycles. The van der Waals surface area contributed by atoms with Gasteiger partial charge in [-0.05, 0) is 19.8 Å². The Morgan fingerprint density at radius 3 is 2.50 bits per heavy atom. The van der Waals surface area contributed by atoms with Gasteiger partial charge >= 0.3 is 0 Å². The van der Waals surface area contributed by atoms with Crippen LogP contribution in [0.4, 0.5) is 0 Å². The first-order valence-corrected chi connectivity index (χ1v) is 7.54. The van der Waals surface area contributed by atoms with E-state index >= 15 is 0 Å². The van der Waals surface area contributed by atoms with Crippen molar-refractivity contribution in [2.45, 2.75) is 26.0 Å². The number of carbonyl (C=O) groups is 1. The average Bonchev–Trinajstić information content (AvgIpc) is 2.25. The summed E-state index contributed by atoms with van der Waals surface area (Å²) in [6.07, 6.45) is 2.07. The molecular formula is C12H22N2O3S. The molecule has 1 amide bonds. The zero-order chi connectivity index (χ0) is 14.1. The standard InChI is InChI=1S/C12H22N2O3S/c1-9-6-10(2)8-14(7-9)18(16,17)11(3)12(15)13(4)5/h6,9,11H,7-8H2,1-5H3. The molecule has 0 aromatic carbocycles. The van der Waals surface area contributed by atoms with Crippen molar-refractivity contribution in [2.75, 3.05) is 27.2 Å². The minimum Gasteiger partial charge on any atom is -0.348 e. The first-order chi connectivity index (χ1) is 8.16. The molecule has 0 aromatic heterocycles. The minimum atomic E-state index is -3.57. The highest BCUT2D eigenvalue weighted by Crippen LogP contribution is 2.20. The van der Waals surface area contributed by atoms with Crippen LogP contribution in [-0.4, -0.2) is 56.0 Å². The molecule has 1 heterocycles. The summed E-state index contributed by atoms with van der Waals surface area (Å²) in [5, 5.41) is -1.02. The second-order valence-electron chi connectivity index (χ2n) is 5.20. The Morgan fingerprint density at radius 1 is 1.50 bits per heavy atom. The van der Waals surface area contributed by atoms with Gasteiger partial charge in [0.1, 0.15) is 0 Å². The number of sulfonamides is 1. The third-order valence-corrected chi connectivity index (χ3v) is 5.17. The number of amides is 1. The zero-order valence-electron chi connectivity index (χ0n) is 11.7. The van der Waals surface area contributed by atoms with E-state index in [2.05, 4.69) is 6.08 Å². The molecule has 0 saturated heterocycles. The van der Waals surface area contributed by atoms with E-state index in [1.165, 1.54) is 16.1 Å². The highest BCUT2D eigenvalue weighted by atomic mass is 32.2. The van der Waals surface area contributed by atoms with E-state index in [1.54, 1.807) is 14.1 Å². The Bertz CT molecular complexity index is 454. The summed E-state index contributed by atoms with van der Waals surface area (Å²) in [6, 6.07) is 0. The Hall–Kier alpha value is -0.880. The van der Waals surface area contributed by atoms with Gasteiger partial charge in [-0.25, -0.2) is 8.42 Å². The molecule has 5 nitrogen and oxygen atoms in total. The van der Waals surface area contributed by atoms with Gasteiger partial charge < -0.3 is 4.90 Å². The van der Waals surface area contributed by atoms with Crippen molar-refractivity contribution in [3.8, 4) is 0 Å². The molecule has 0 radical (unpaired) electrons. The fraction of sp³-hybridized carbons (Fsp3) is 0.750. The maximum Gasteiger partial charge on any atom is 0.241 e. The molecule has 0 bridgehead atoms. The molecule has 2 atom stereocenters. The molecule has 0 saturated carbocycles. The first kappa shape index (κ1) is 15.2. The molecule has 0 aromatic rings. The molecule has 0 fully saturated rings. The molecule has 2 unspecified atom stereocenters. The van der Waals surface area contributed by atoms with Gasteiger partial charge in [0.15, 0.2) is 5.25 Å². The summed E-state index contributed by atoms with van der Waals surface area (Å²) in [5.41, 5.74) is 1.03. The number of nitrogens with zero attached hydrogens (tertiary/aromatic N) is 2. The topological polar surface area (TPSA) is 57.7 Å². The fourth-order valence-electron chi connectivity index (χ4n) is 2.16. The Labute approximate surface area is 110 Å². The molecule has 104 valence electrons. The highest BCUT2D eigenvalue weighted by Gasteiger charge is 2.36. The van der Waals surface area contributed by atoms with Gasteiger partial charge in [0.2, 0.25) is 15.9 Å². The molecule has 6 heteroatoms. The van der Waals surface area contributed by atoms with Gasteiger partial charge in [-0.2, -0.15) is 4.31 Å². The second-order valence-corrected chi connectivity index (χ2v) is 7.46. The van der Waals surface area contributed by atoms with Crippen LogP contribution in [0.3, 0.4) is 0 Å². The number of carbonyl (C=O) groups excluding carboxylic acids is 1. The van der Waals surface area contributed by atoms with Crippen LogP contribution in [0.15, 0.2) is 11.6 Å². The third-order valence-electron chi connectivity index (χ3n) is 3.08. The molecule has 0 spiro atoms. The average molecular weight is 274 g/mol. The van der Waals surface area contributed by atoms with Crippen molar-refractivity contribution < 1.29 is 13.2 Å². The molecular weight excluding hydrogens is 252 g/mol. The molecule has 1 rings (SSSR count). The van der Waals surface area contributed by atoms with Crippen molar-refractivity contribution in [1.29, 1.82) is 0 Å². The minimum absolute atomic E-state index is 0.190. The van der Waals surface area contributed by atoms with Gasteiger partial charge in [0.25, 0.3) is 0 Å². The van der Waals surface area contributed by atoms with Crippen LogP contribution in [0, 0.1) is 5.92 Å². The third kappa shape index (κ3) is 3.11. The summed E-state index contributed by atoms with van der Waals surface area (Å²) in [6.45, 7) is 6.18. The fourth-order valence-corrected chi connectivity index (χ4v) is 3.90. The maximum absolute atomic E-state index is 12.4. The van der Waals surface area contributed by atoms with Crippen molar-refractivity contribution in [3.05, 3.63) is 11.6 Å².